The Labute approximate surface area is 162 Å². The van der Waals surface area contributed by atoms with Gasteiger partial charge in [0.1, 0.15) is 0 Å². The molecule has 28 heavy (non-hydrogen) atoms. The van der Waals surface area contributed by atoms with Gasteiger partial charge in [-0.2, -0.15) is 0 Å². The van der Waals surface area contributed by atoms with E-state index >= 15 is 0 Å². The standard InChI is InChI=1S/C22H19N3O3/c1-15-10-12-17(13-11-15)20(26)23-19-9-5-8-18(14-19)22(28)25-24-21(27)16-6-3-2-4-7-16/h2-14H,1H3,(H,23,26)(H,24,27)(H,25,28). The molecule has 0 aromatic heterocycles. The number of carbonyl (C=O) groups excluding carboxylic acids is 3. The zero-order chi connectivity index (χ0) is 19.9. The van der Waals surface area contributed by atoms with Crippen molar-refractivity contribution in [2.75, 3.05) is 5.32 Å². The minimum Gasteiger partial charge on any atom is -0.322 e. The van der Waals surface area contributed by atoms with Crippen LogP contribution in [0.5, 0.6) is 0 Å². The Morgan fingerprint density at radius 2 is 1.18 bits per heavy atom. The molecule has 0 unspecified atom stereocenters. The summed E-state index contributed by atoms with van der Waals surface area (Å²) in [5, 5.41) is 2.76. The number of hydrogen-bond acceptors (Lipinski definition) is 3. The van der Waals surface area contributed by atoms with Gasteiger partial charge in [0.05, 0.1) is 0 Å². The van der Waals surface area contributed by atoms with Crippen molar-refractivity contribution in [3.8, 4) is 0 Å². The topological polar surface area (TPSA) is 87.3 Å². The zero-order valence-electron chi connectivity index (χ0n) is 15.2. The van der Waals surface area contributed by atoms with Crippen molar-refractivity contribution in [1.29, 1.82) is 0 Å². The quantitative estimate of drug-likeness (QED) is 0.613. The van der Waals surface area contributed by atoms with Gasteiger partial charge in [0.15, 0.2) is 0 Å². The number of aryl methyl sites for hydroxylation is 1. The van der Waals surface area contributed by atoms with Crippen molar-refractivity contribution < 1.29 is 14.4 Å². The SMILES string of the molecule is Cc1ccc(C(=O)Nc2cccc(C(=O)NNC(=O)c3ccccc3)c2)cc1. The number of benzene rings is 3. The average Bonchev–Trinajstić information content (AvgIpc) is 2.73. The molecular weight excluding hydrogens is 354 g/mol. The molecular formula is C22H19N3O3. The fraction of sp³-hybridized carbons (Fsp3) is 0.0455. The summed E-state index contributed by atoms with van der Waals surface area (Å²) in [6, 6.07) is 22.2. The van der Waals surface area contributed by atoms with Crippen LogP contribution in [0.2, 0.25) is 0 Å². The maximum Gasteiger partial charge on any atom is 0.269 e. The van der Waals surface area contributed by atoms with Gasteiger partial charge in [-0.3, -0.25) is 25.2 Å². The number of carbonyl (C=O) groups is 3. The lowest BCUT2D eigenvalue weighted by atomic mass is 10.1. The third-order valence-electron chi connectivity index (χ3n) is 4.02. The lowest BCUT2D eigenvalue weighted by Crippen LogP contribution is -2.41. The molecule has 0 heterocycles. The smallest absolute Gasteiger partial charge is 0.269 e. The fourth-order valence-corrected chi connectivity index (χ4v) is 2.49. The molecule has 0 aliphatic rings. The molecule has 3 N–H and O–H groups in total. The molecule has 0 atom stereocenters. The number of anilines is 1. The van der Waals surface area contributed by atoms with E-state index in [9.17, 15) is 14.4 Å². The van der Waals surface area contributed by atoms with E-state index in [0.717, 1.165) is 5.56 Å². The van der Waals surface area contributed by atoms with Crippen LogP contribution in [0.15, 0.2) is 78.9 Å². The van der Waals surface area contributed by atoms with Gasteiger partial charge in [0, 0.05) is 22.4 Å². The van der Waals surface area contributed by atoms with Crippen LogP contribution in [-0.2, 0) is 0 Å². The van der Waals surface area contributed by atoms with E-state index in [4.69, 9.17) is 0 Å². The van der Waals surface area contributed by atoms with Crippen LogP contribution in [0.4, 0.5) is 5.69 Å². The Hall–Kier alpha value is -3.93. The summed E-state index contributed by atoms with van der Waals surface area (Å²) in [7, 11) is 0. The third-order valence-corrected chi connectivity index (χ3v) is 4.02. The Balaban J connectivity index is 1.62. The van der Waals surface area contributed by atoms with Crippen molar-refractivity contribution in [3.05, 3.63) is 101 Å². The van der Waals surface area contributed by atoms with E-state index in [1.165, 1.54) is 6.07 Å². The van der Waals surface area contributed by atoms with Gasteiger partial charge in [-0.25, -0.2) is 0 Å². The highest BCUT2D eigenvalue weighted by Crippen LogP contribution is 2.13. The van der Waals surface area contributed by atoms with Gasteiger partial charge in [-0.05, 0) is 49.4 Å². The van der Waals surface area contributed by atoms with Crippen molar-refractivity contribution >= 4 is 23.4 Å². The molecule has 3 amide bonds. The number of hydrazine groups is 1. The predicted octanol–water partition coefficient (Wildman–Crippen LogP) is 3.32. The highest BCUT2D eigenvalue weighted by atomic mass is 16.2. The number of hydrogen-bond donors (Lipinski definition) is 3. The van der Waals surface area contributed by atoms with E-state index in [2.05, 4.69) is 16.2 Å². The van der Waals surface area contributed by atoms with Crippen LogP contribution in [0.25, 0.3) is 0 Å². The summed E-state index contributed by atoms with van der Waals surface area (Å²) in [4.78, 5) is 36.6. The first-order valence-electron chi connectivity index (χ1n) is 8.67. The molecule has 6 nitrogen and oxygen atoms in total. The first kappa shape index (κ1) is 18.8. The maximum atomic E-state index is 12.3. The average molecular weight is 373 g/mol. The highest BCUT2D eigenvalue weighted by Gasteiger charge is 2.11. The van der Waals surface area contributed by atoms with Gasteiger partial charge in [-0.1, -0.05) is 42.0 Å². The van der Waals surface area contributed by atoms with Crippen molar-refractivity contribution in [2.24, 2.45) is 0 Å². The molecule has 3 aromatic carbocycles. The summed E-state index contributed by atoms with van der Waals surface area (Å²) >= 11 is 0. The Bertz CT molecular complexity index is 999. The minimum atomic E-state index is -0.490. The molecule has 0 fully saturated rings. The Morgan fingerprint density at radius 3 is 1.86 bits per heavy atom. The van der Waals surface area contributed by atoms with Crippen LogP contribution in [0.3, 0.4) is 0 Å². The number of nitrogens with one attached hydrogen (secondary N) is 3. The second-order valence-electron chi connectivity index (χ2n) is 6.18. The number of rotatable bonds is 4. The predicted molar refractivity (Wildman–Crippen MR) is 107 cm³/mol. The molecule has 0 aliphatic heterocycles. The first-order chi connectivity index (χ1) is 13.5. The molecule has 0 bridgehead atoms. The lowest BCUT2D eigenvalue weighted by molar-refractivity contribution is 0.0846. The molecule has 0 saturated heterocycles. The molecule has 0 saturated carbocycles. The molecule has 0 aliphatic carbocycles. The first-order valence-corrected chi connectivity index (χ1v) is 8.67. The van der Waals surface area contributed by atoms with E-state index in [-0.39, 0.29) is 5.91 Å². The lowest BCUT2D eigenvalue weighted by Gasteiger charge is -2.09. The van der Waals surface area contributed by atoms with E-state index < -0.39 is 11.8 Å². The van der Waals surface area contributed by atoms with Crippen LogP contribution in [0, 0.1) is 6.92 Å². The maximum absolute atomic E-state index is 12.3. The summed E-state index contributed by atoms with van der Waals surface area (Å²) < 4.78 is 0. The van der Waals surface area contributed by atoms with Gasteiger partial charge >= 0.3 is 0 Å². The Kier molecular flexibility index (Phi) is 5.81. The molecule has 140 valence electrons. The molecule has 3 aromatic rings. The van der Waals surface area contributed by atoms with Crippen LogP contribution >= 0.6 is 0 Å². The largest absolute Gasteiger partial charge is 0.322 e. The van der Waals surface area contributed by atoms with Crippen LogP contribution < -0.4 is 16.2 Å². The van der Waals surface area contributed by atoms with E-state index in [1.54, 1.807) is 60.7 Å². The molecule has 6 heteroatoms. The molecule has 0 radical (unpaired) electrons. The van der Waals surface area contributed by atoms with Crippen molar-refractivity contribution in [1.82, 2.24) is 10.9 Å². The van der Waals surface area contributed by atoms with Gasteiger partial charge in [0.2, 0.25) is 0 Å². The second-order valence-corrected chi connectivity index (χ2v) is 6.18. The van der Waals surface area contributed by atoms with Crippen molar-refractivity contribution in [3.63, 3.8) is 0 Å². The molecule has 3 rings (SSSR count). The van der Waals surface area contributed by atoms with Crippen molar-refractivity contribution in [2.45, 2.75) is 6.92 Å². The summed E-state index contributed by atoms with van der Waals surface area (Å²) in [5.41, 5.74) is 7.53. The number of amides is 3. The van der Waals surface area contributed by atoms with Gasteiger partial charge in [0.25, 0.3) is 17.7 Å². The van der Waals surface area contributed by atoms with E-state index in [0.29, 0.717) is 22.4 Å². The van der Waals surface area contributed by atoms with Gasteiger partial charge < -0.3 is 5.32 Å². The van der Waals surface area contributed by atoms with E-state index in [1.807, 2.05) is 19.1 Å². The second kappa shape index (κ2) is 8.64. The normalized spacial score (nSPS) is 10.0. The Morgan fingerprint density at radius 1 is 0.607 bits per heavy atom. The van der Waals surface area contributed by atoms with Crippen LogP contribution in [0.1, 0.15) is 36.6 Å². The molecule has 0 spiro atoms. The third kappa shape index (κ3) is 4.82. The fourth-order valence-electron chi connectivity index (χ4n) is 2.49. The highest BCUT2D eigenvalue weighted by molar-refractivity contribution is 6.05. The monoisotopic (exact) mass is 373 g/mol. The van der Waals surface area contributed by atoms with Crippen LogP contribution in [-0.4, -0.2) is 17.7 Å². The summed E-state index contributed by atoms with van der Waals surface area (Å²) in [6.07, 6.45) is 0. The zero-order valence-corrected chi connectivity index (χ0v) is 15.2. The minimum absolute atomic E-state index is 0.269. The summed E-state index contributed by atoms with van der Waals surface area (Å²) in [5.74, 6) is -1.18. The summed E-state index contributed by atoms with van der Waals surface area (Å²) in [6.45, 7) is 1.94. The van der Waals surface area contributed by atoms with Gasteiger partial charge in [-0.15, -0.1) is 0 Å².